The molecule has 1 aliphatic rings. The molecule has 5 heteroatoms. The second-order valence-electron chi connectivity index (χ2n) is 7.88. The van der Waals surface area contributed by atoms with Crippen molar-refractivity contribution in [2.75, 3.05) is 0 Å². The van der Waals surface area contributed by atoms with Crippen LogP contribution in [0.2, 0.25) is 0 Å². The Balaban J connectivity index is 0.000000262. The van der Waals surface area contributed by atoms with Gasteiger partial charge < -0.3 is 10.2 Å². The predicted octanol–water partition coefficient (Wildman–Crippen LogP) is 7.16. The van der Waals surface area contributed by atoms with Gasteiger partial charge in [-0.3, -0.25) is 0 Å². The normalized spacial score (nSPS) is 14.0. The standard InChI is InChI=1S/C18H23NO.C8H10O2S/c1-2-3-4-8-18(20)15-11-9-14(10-12-15)17-7-5-6-16(17)13-19;1-2-3-6-4-5-7(11-6)8(9)10/h9-12,18,20H,2-8H2,1H3;4-5H,2-3H2,1H3,(H,9,10). The number of aliphatic hydroxyl groups is 1. The van der Waals surface area contributed by atoms with Crippen LogP contribution in [0.5, 0.6) is 0 Å². The summed E-state index contributed by atoms with van der Waals surface area (Å²) in [5.41, 5.74) is 4.26. The summed E-state index contributed by atoms with van der Waals surface area (Å²) in [6.45, 7) is 4.25. The lowest BCUT2D eigenvalue weighted by Crippen LogP contribution is -1.97. The Morgan fingerprint density at radius 2 is 1.84 bits per heavy atom. The first-order valence-corrected chi connectivity index (χ1v) is 12.0. The molecule has 1 heterocycles. The lowest BCUT2D eigenvalue weighted by atomic mass is 9.98. The van der Waals surface area contributed by atoms with E-state index in [4.69, 9.17) is 10.4 Å². The number of aromatic carboxylic acids is 1. The van der Waals surface area contributed by atoms with E-state index in [1.165, 1.54) is 29.8 Å². The molecule has 3 rings (SSSR count). The summed E-state index contributed by atoms with van der Waals surface area (Å²) in [5.74, 6) is -0.822. The third-order valence-electron chi connectivity index (χ3n) is 5.45. The maximum absolute atomic E-state index is 10.4. The lowest BCUT2D eigenvalue weighted by Gasteiger charge is -2.12. The van der Waals surface area contributed by atoms with Crippen molar-refractivity contribution in [3.63, 3.8) is 0 Å². The number of nitriles is 1. The van der Waals surface area contributed by atoms with Crippen molar-refractivity contribution in [1.29, 1.82) is 5.26 Å². The van der Waals surface area contributed by atoms with Crippen LogP contribution in [0.25, 0.3) is 5.57 Å². The number of hydrogen-bond acceptors (Lipinski definition) is 4. The van der Waals surface area contributed by atoms with Gasteiger partial charge in [-0.1, -0.05) is 63.8 Å². The van der Waals surface area contributed by atoms with Crippen molar-refractivity contribution in [3.8, 4) is 6.07 Å². The van der Waals surface area contributed by atoms with Crippen LogP contribution in [0.1, 0.15) is 97.0 Å². The van der Waals surface area contributed by atoms with E-state index in [1.54, 1.807) is 6.07 Å². The van der Waals surface area contributed by atoms with E-state index in [0.29, 0.717) is 4.88 Å². The van der Waals surface area contributed by atoms with Crippen molar-refractivity contribution >= 4 is 22.9 Å². The summed E-state index contributed by atoms with van der Waals surface area (Å²) >= 11 is 1.37. The van der Waals surface area contributed by atoms with Crippen LogP contribution in [0.3, 0.4) is 0 Å². The first-order valence-electron chi connectivity index (χ1n) is 11.2. The van der Waals surface area contributed by atoms with Gasteiger partial charge in [0, 0.05) is 10.5 Å². The molecule has 4 nitrogen and oxygen atoms in total. The van der Waals surface area contributed by atoms with E-state index in [9.17, 15) is 9.90 Å². The molecule has 0 radical (unpaired) electrons. The van der Waals surface area contributed by atoms with E-state index in [0.717, 1.165) is 66.5 Å². The van der Waals surface area contributed by atoms with Crippen LogP contribution in [-0.4, -0.2) is 16.2 Å². The van der Waals surface area contributed by atoms with Crippen LogP contribution >= 0.6 is 11.3 Å². The summed E-state index contributed by atoms with van der Waals surface area (Å²) in [5, 5.41) is 27.8. The molecule has 1 aromatic carbocycles. The number of benzene rings is 1. The number of hydrogen-bond donors (Lipinski definition) is 2. The highest BCUT2D eigenvalue weighted by Gasteiger charge is 2.16. The average molecular weight is 440 g/mol. The Kier molecular flexibility index (Phi) is 10.5. The molecule has 0 aliphatic heterocycles. The van der Waals surface area contributed by atoms with Crippen LogP contribution in [0.15, 0.2) is 42.0 Å². The fourth-order valence-electron chi connectivity index (χ4n) is 3.72. The van der Waals surface area contributed by atoms with E-state index < -0.39 is 5.97 Å². The summed E-state index contributed by atoms with van der Waals surface area (Å²) < 4.78 is 0. The molecule has 1 aromatic heterocycles. The zero-order valence-electron chi connectivity index (χ0n) is 18.6. The Morgan fingerprint density at radius 1 is 1.10 bits per heavy atom. The van der Waals surface area contributed by atoms with Gasteiger partial charge in [-0.05, 0) is 60.9 Å². The molecule has 31 heavy (non-hydrogen) atoms. The van der Waals surface area contributed by atoms with E-state index >= 15 is 0 Å². The number of thiophene rings is 1. The third kappa shape index (κ3) is 7.65. The smallest absolute Gasteiger partial charge is 0.345 e. The molecule has 1 unspecified atom stereocenters. The predicted molar refractivity (Wildman–Crippen MR) is 127 cm³/mol. The van der Waals surface area contributed by atoms with Crippen molar-refractivity contribution < 1.29 is 15.0 Å². The minimum Gasteiger partial charge on any atom is -0.477 e. The van der Waals surface area contributed by atoms with Gasteiger partial charge >= 0.3 is 5.97 Å². The molecule has 0 fully saturated rings. The minimum atomic E-state index is -0.822. The molecule has 0 spiro atoms. The zero-order valence-corrected chi connectivity index (χ0v) is 19.4. The Bertz CT molecular complexity index is 905. The largest absolute Gasteiger partial charge is 0.477 e. The SMILES string of the molecule is CCCCCC(O)c1ccc(C2=C(C#N)CCC2)cc1.CCCc1ccc(C(=O)O)s1. The molecular formula is C26H33NO3S. The Morgan fingerprint density at radius 3 is 2.42 bits per heavy atom. The van der Waals surface area contributed by atoms with E-state index in [-0.39, 0.29) is 6.10 Å². The first-order chi connectivity index (χ1) is 15.0. The topological polar surface area (TPSA) is 81.3 Å². The lowest BCUT2D eigenvalue weighted by molar-refractivity contribution is 0.0702. The van der Waals surface area contributed by atoms with Gasteiger partial charge in [0.1, 0.15) is 4.88 Å². The van der Waals surface area contributed by atoms with E-state index in [1.807, 2.05) is 18.2 Å². The summed E-state index contributed by atoms with van der Waals surface area (Å²) in [6, 6.07) is 14.0. The van der Waals surface area contributed by atoms with Gasteiger partial charge in [0.25, 0.3) is 0 Å². The molecule has 0 saturated heterocycles. The number of allylic oxidation sites excluding steroid dienone is 2. The average Bonchev–Trinajstić information content (AvgIpc) is 3.44. The third-order valence-corrected chi connectivity index (χ3v) is 6.58. The summed E-state index contributed by atoms with van der Waals surface area (Å²) in [4.78, 5) is 12.0. The van der Waals surface area contributed by atoms with Gasteiger partial charge in [0.15, 0.2) is 0 Å². The van der Waals surface area contributed by atoms with Crippen molar-refractivity contribution in [2.45, 2.75) is 77.7 Å². The quantitative estimate of drug-likeness (QED) is 0.406. The molecule has 0 bridgehead atoms. The number of carboxylic acid groups (broad SMARTS) is 1. The molecular weight excluding hydrogens is 406 g/mol. The molecule has 166 valence electrons. The number of aliphatic hydroxyl groups excluding tert-OH is 1. The van der Waals surface area contributed by atoms with E-state index in [2.05, 4.69) is 32.0 Å². The van der Waals surface area contributed by atoms with Gasteiger partial charge in [-0.15, -0.1) is 11.3 Å². The second kappa shape index (κ2) is 13.1. The number of carboxylic acids is 1. The molecule has 2 N–H and O–H groups in total. The van der Waals surface area contributed by atoms with Crippen molar-refractivity contribution in [1.82, 2.24) is 0 Å². The second-order valence-corrected chi connectivity index (χ2v) is 9.05. The maximum Gasteiger partial charge on any atom is 0.345 e. The maximum atomic E-state index is 10.4. The monoisotopic (exact) mass is 439 g/mol. The Hall–Kier alpha value is -2.42. The van der Waals surface area contributed by atoms with Crippen molar-refractivity contribution in [3.05, 3.63) is 62.9 Å². The molecule has 2 aromatic rings. The fourth-order valence-corrected chi connectivity index (χ4v) is 4.67. The van der Waals surface area contributed by atoms with Gasteiger partial charge in [-0.25, -0.2) is 4.79 Å². The van der Waals surface area contributed by atoms with Crippen LogP contribution in [0.4, 0.5) is 0 Å². The number of carbonyl (C=O) groups is 1. The molecule has 1 atom stereocenters. The molecule has 0 amide bonds. The van der Waals surface area contributed by atoms with Gasteiger partial charge in [-0.2, -0.15) is 5.26 Å². The van der Waals surface area contributed by atoms with Crippen LogP contribution in [-0.2, 0) is 6.42 Å². The number of nitrogens with zero attached hydrogens (tertiary/aromatic N) is 1. The van der Waals surface area contributed by atoms with Crippen LogP contribution < -0.4 is 0 Å². The first kappa shape index (κ1) is 24.8. The van der Waals surface area contributed by atoms with Gasteiger partial charge in [0.05, 0.1) is 12.2 Å². The minimum absolute atomic E-state index is 0.358. The summed E-state index contributed by atoms with van der Waals surface area (Å²) in [7, 11) is 0. The molecule has 0 saturated carbocycles. The van der Waals surface area contributed by atoms with Crippen molar-refractivity contribution in [2.24, 2.45) is 0 Å². The van der Waals surface area contributed by atoms with Gasteiger partial charge in [0.2, 0.25) is 0 Å². The highest BCUT2D eigenvalue weighted by Crippen LogP contribution is 2.34. The number of unbranched alkanes of at least 4 members (excludes halogenated alkanes) is 2. The number of rotatable bonds is 9. The highest BCUT2D eigenvalue weighted by molar-refractivity contribution is 7.13. The fraction of sp³-hybridized carbons (Fsp3) is 0.462. The van der Waals surface area contributed by atoms with Crippen LogP contribution in [0, 0.1) is 11.3 Å². The summed E-state index contributed by atoms with van der Waals surface area (Å²) in [6.07, 6.45) is 8.95. The zero-order chi connectivity index (χ0) is 22.6. The molecule has 1 aliphatic carbocycles. The highest BCUT2D eigenvalue weighted by atomic mass is 32.1. The Labute approximate surface area is 189 Å². The number of aryl methyl sites for hydroxylation is 1.